The smallest absolute Gasteiger partial charge is 0.317 e. The third-order valence-electron chi connectivity index (χ3n) is 11.9. The molecule has 6 unspecified atom stereocenters. The lowest BCUT2D eigenvalue weighted by molar-refractivity contribution is -0.155. The van der Waals surface area contributed by atoms with Crippen LogP contribution in [-0.2, 0) is 43.7 Å². The maximum Gasteiger partial charge on any atom is 0.317 e. The molecule has 10 heteroatoms. The molecule has 6 atom stereocenters. The van der Waals surface area contributed by atoms with Gasteiger partial charge in [-0.05, 0) is 96.2 Å². The van der Waals surface area contributed by atoms with Crippen molar-refractivity contribution in [3.05, 3.63) is 119 Å². The molecule has 2 saturated heterocycles. The van der Waals surface area contributed by atoms with Gasteiger partial charge in [0.05, 0.1) is 40.9 Å². The van der Waals surface area contributed by atoms with E-state index in [1.165, 1.54) is 0 Å². The average Bonchev–Trinajstić information content (AvgIpc) is 3.76. The van der Waals surface area contributed by atoms with Crippen LogP contribution in [0.4, 0.5) is 0 Å². The van der Waals surface area contributed by atoms with Crippen molar-refractivity contribution in [2.45, 2.75) is 43.9 Å². The predicted molar refractivity (Wildman–Crippen MR) is 186 cm³/mol. The SMILES string of the molecule is O=C(Oc1ccc(C2(c3ccc(OC(=O)C4CCC5C(=O)OC(=O)C5C4)cc3)c3ccccc3-c3ccccc32)cc1)C1CCC2C(=O)OC(=O)C2C1. The number of carbonyl (C=O) groups is 6. The van der Waals surface area contributed by atoms with Gasteiger partial charge in [0.1, 0.15) is 11.5 Å². The minimum Gasteiger partial charge on any atom is -0.426 e. The Bertz CT molecular complexity index is 2050. The maximum absolute atomic E-state index is 13.3. The Balaban J connectivity index is 0.999. The summed E-state index contributed by atoms with van der Waals surface area (Å²) in [4.78, 5) is 74.8. The summed E-state index contributed by atoms with van der Waals surface area (Å²) in [6.07, 6.45) is 2.16. The Morgan fingerprint density at radius 2 is 0.868 bits per heavy atom. The van der Waals surface area contributed by atoms with Gasteiger partial charge in [-0.1, -0.05) is 72.8 Å². The van der Waals surface area contributed by atoms with E-state index in [4.69, 9.17) is 18.9 Å². The summed E-state index contributed by atoms with van der Waals surface area (Å²) in [6, 6.07) is 31.4. The predicted octanol–water partition coefficient (Wildman–Crippen LogP) is 6.09. The fourth-order valence-electron chi connectivity index (χ4n) is 9.32. The fraction of sp³-hybridized carbons (Fsp3) is 0.302. The van der Waals surface area contributed by atoms with E-state index >= 15 is 0 Å². The van der Waals surface area contributed by atoms with Crippen LogP contribution in [0.25, 0.3) is 11.1 Å². The van der Waals surface area contributed by atoms with E-state index in [0.717, 1.165) is 33.4 Å². The van der Waals surface area contributed by atoms with E-state index in [-0.39, 0.29) is 12.8 Å². The molecule has 0 bridgehead atoms. The first-order valence-corrected chi connectivity index (χ1v) is 18.1. The second kappa shape index (κ2) is 12.6. The second-order valence-electron chi connectivity index (χ2n) is 14.7. The van der Waals surface area contributed by atoms with E-state index < -0.39 is 76.7 Å². The molecule has 5 aliphatic rings. The molecule has 0 aromatic heterocycles. The van der Waals surface area contributed by atoms with Crippen LogP contribution in [0.2, 0.25) is 0 Å². The molecule has 0 N–H and O–H groups in total. The molecule has 0 spiro atoms. The summed E-state index contributed by atoms with van der Waals surface area (Å²) < 4.78 is 21.3. The van der Waals surface area contributed by atoms with E-state index in [2.05, 4.69) is 24.3 Å². The van der Waals surface area contributed by atoms with Crippen molar-refractivity contribution in [2.24, 2.45) is 35.5 Å². The average molecular weight is 711 g/mol. The molecule has 266 valence electrons. The molecular weight excluding hydrogens is 676 g/mol. The number of hydrogen-bond acceptors (Lipinski definition) is 10. The third-order valence-corrected chi connectivity index (χ3v) is 11.9. The summed E-state index contributed by atoms with van der Waals surface area (Å²) in [6.45, 7) is 0. The van der Waals surface area contributed by atoms with Crippen LogP contribution < -0.4 is 9.47 Å². The highest BCUT2D eigenvalue weighted by atomic mass is 16.6. The quantitative estimate of drug-likeness (QED) is 0.116. The first-order chi connectivity index (χ1) is 25.7. The second-order valence-corrected chi connectivity index (χ2v) is 14.7. The summed E-state index contributed by atoms with van der Waals surface area (Å²) in [5.74, 6) is -5.47. The van der Waals surface area contributed by atoms with E-state index in [0.29, 0.717) is 37.2 Å². The topological polar surface area (TPSA) is 139 Å². The lowest BCUT2D eigenvalue weighted by atomic mass is 9.68. The molecule has 3 aliphatic carbocycles. The molecule has 4 aromatic rings. The maximum atomic E-state index is 13.3. The van der Waals surface area contributed by atoms with Crippen LogP contribution in [0.5, 0.6) is 11.5 Å². The van der Waals surface area contributed by atoms with Crippen LogP contribution in [0.3, 0.4) is 0 Å². The number of benzene rings is 4. The molecule has 4 aromatic carbocycles. The molecular formula is C43H34O10. The monoisotopic (exact) mass is 710 g/mol. The summed E-state index contributed by atoms with van der Waals surface area (Å²) in [5.41, 5.74) is 5.42. The van der Waals surface area contributed by atoms with Gasteiger partial charge in [0.2, 0.25) is 0 Å². The zero-order valence-electron chi connectivity index (χ0n) is 28.5. The van der Waals surface area contributed by atoms with E-state index in [1.807, 2.05) is 48.5 Å². The Morgan fingerprint density at radius 1 is 0.491 bits per heavy atom. The van der Waals surface area contributed by atoms with Gasteiger partial charge in [-0.3, -0.25) is 28.8 Å². The minimum atomic E-state index is -0.764. The molecule has 10 nitrogen and oxygen atoms in total. The molecule has 4 fully saturated rings. The highest BCUT2D eigenvalue weighted by Gasteiger charge is 2.51. The lowest BCUT2D eigenvalue weighted by Crippen LogP contribution is -2.33. The Kier molecular flexibility index (Phi) is 7.87. The van der Waals surface area contributed by atoms with Crippen molar-refractivity contribution in [3.63, 3.8) is 0 Å². The number of ether oxygens (including phenoxy) is 4. The van der Waals surface area contributed by atoms with Gasteiger partial charge in [-0.15, -0.1) is 0 Å². The van der Waals surface area contributed by atoms with Gasteiger partial charge in [-0.2, -0.15) is 0 Å². The standard InChI is InChI=1S/C43H34O10/c44-37(23-9-19-31-33(21-23)41(48)52-39(31)46)50-27-15-11-25(12-16-27)43(35-7-3-1-5-29(35)30-6-2-4-8-36(30)43)26-13-17-28(18-14-26)51-38(45)24-10-20-32-34(22-24)42(49)53-40(32)47/h1-8,11-18,23-24,31-34H,9-10,19-22H2. The molecule has 0 radical (unpaired) electrons. The normalized spacial score (nSPS) is 26.4. The molecule has 2 aliphatic heterocycles. The fourth-order valence-corrected chi connectivity index (χ4v) is 9.32. The number of cyclic esters (lactones) is 4. The summed E-state index contributed by atoms with van der Waals surface area (Å²) in [7, 11) is 0. The molecule has 2 saturated carbocycles. The van der Waals surface area contributed by atoms with Crippen molar-refractivity contribution < 1.29 is 47.7 Å². The molecule has 9 rings (SSSR count). The van der Waals surface area contributed by atoms with Crippen LogP contribution in [0.1, 0.15) is 60.8 Å². The lowest BCUT2D eigenvalue weighted by Gasteiger charge is -2.34. The largest absolute Gasteiger partial charge is 0.426 e. The zero-order chi connectivity index (χ0) is 36.4. The minimum absolute atomic E-state index is 0.228. The first-order valence-electron chi connectivity index (χ1n) is 18.1. The van der Waals surface area contributed by atoms with Crippen molar-refractivity contribution in [2.75, 3.05) is 0 Å². The first kappa shape index (κ1) is 33.0. The van der Waals surface area contributed by atoms with Gasteiger partial charge in [0.25, 0.3) is 0 Å². The van der Waals surface area contributed by atoms with E-state index in [1.54, 1.807) is 24.3 Å². The third kappa shape index (κ3) is 5.30. The van der Waals surface area contributed by atoms with Crippen LogP contribution in [0.15, 0.2) is 97.1 Å². The number of esters is 6. The van der Waals surface area contributed by atoms with Crippen molar-refractivity contribution >= 4 is 35.8 Å². The molecule has 2 heterocycles. The zero-order valence-corrected chi connectivity index (χ0v) is 28.5. The highest BCUT2D eigenvalue weighted by Crippen LogP contribution is 2.56. The highest BCUT2D eigenvalue weighted by molar-refractivity contribution is 5.98. The molecule has 53 heavy (non-hydrogen) atoms. The number of rotatable bonds is 6. The molecule has 0 amide bonds. The van der Waals surface area contributed by atoms with Crippen LogP contribution >= 0.6 is 0 Å². The van der Waals surface area contributed by atoms with Crippen molar-refractivity contribution in [1.82, 2.24) is 0 Å². The van der Waals surface area contributed by atoms with Gasteiger partial charge in [0.15, 0.2) is 0 Å². The Morgan fingerprint density at radius 3 is 1.28 bits per heavy atom. The van der Waals surface area contributed by atoms with Gasteiger partial charge < -0.3 is 18.9 Å². The number of hydrogen-bond donors (Lipinski definition) is 0. The number of fused-ring (bicyclic) bond motifs is 5. The summed E-state index contributed by atoms with van der Waals surface area (Å²) in [5, 5.41) is 0. The van der Waals surface area contributed by atoms with E-state index in [9.17, 15) is 28.8 Å². The number of carbonyl (C=O) groups excluding carboxylic acids is 6. The Labute approximate surface area is 304 Å². The Hall–Kier alpha value is -5.90. The van der Waals surface area contributed by atoms with Crippen molar-refractivity contribution in [1.29, 1.82) is 0 Å². The van der Waals surface area contributed by atoms with Gasteiger partial charge in [-0.25, -0.2) is 0 Å². The van der Waals surface area contributed by atoms with Crippen LogP contribution in [-0.4, -0.2) is 35.8 Å². The summed E-state index contributed by atoms with van der Waals surface area (Å²) >= 11 is 0. The van der Waals surface area contributed by atoms with Gasteiger partial charge >= 0.3 is 35.8 Å². The van der Waals surface area contributed by atoms with Gasteiger partial charge in [0, 0.05) is 0 Å². The van der Waals surface area contributed by atoms with Crippen LogP contribution in [0, 0.1) is 35.5 Å². The van der Waals surface area contributed by atoms with Crippen molar-refractivity contribution in [3.8, 4) is 22.6 Å².